The third kappa shape index (κ3) is 3.56. The van der Waals surface area contributed by atoms with E-state index in [1.807, 2.05) is 0 Å². The molecule has 1 aliphatic heterocycles. The van der Waals surface area contributed by atoms with Crippen molar-refractivity contribution in [1.29, 1.82) is 0 Å². The molecule has 0 radical (unpaired) electrons. The van der Waals surface area contributed by atoms with Gasteiger partial charge in [0.2, 0.25) is 0 Å². The van der Waals surface area contributed by atoms with Gasteiger partial charge < -0.3 is 4.74 Å². The molecule has 0 saturated carbocycles. The van der Waals surface area contributed by atoms with Crippen molar-refractivity contribution in [3.8, 4) is 0 Å². The number of anilines is 1. The zero-order valence-electron chi connectivity index (χ0n) is 13.2. The average molecular weight is 339 g/mol. The van der Waals surface area contributed by atoms with Gasteiger partial charge in [-0.25, -0.2) is 8.42 Å². The number of hydrogen-bond acceptors (Lipinski definition) is 5. The number of nitrogens with zero attached hydrogens (tertiary/aromatic N) is 3. The van der Waals surface area contributed by atoms with Crippen molar-refractivity contribution in [3.63, 3.8) is 0 Å². The average Bonchev–Trinajstić information content (AvgIpc) is 3.06. The van der Waals surface area contributed by atoms with E-state index in [1.165, 1.54) is 6.20 Å². The molecule has 1 aliphatic rings. The van der Waals surface area contributed by atoms with E-state index in [-0.39, 0.29) is 4.90 Å². The van der Waals surface area contributed by atoms with Crippen molar-refractivity contribution in [1.82, 2.24) is 20.0 Å². The molecule has 0 aliphatic carbocycles. The Morgan fingerprint density at radius 1 is 1.39 bits per heavy atom. The standard InChI is InChI=1S/C14H21N5O3S/c1-10-14(11(2)17-16-10)23(20,21)18-13-7-15-19(9-13)8-12-3-5-22-6-4-12/h7,9,12,18H,3-6,8H2,1-2H3,(H,16,17). The summed E-state index contributed by atoms with van der Waals surface area (Å²) in [5.41, 5.74) is 1.42. The van der Waals surface area contributed by atoms with Gasteiger partial charge in [-0.15, -0.1) is 0 Å². The van der Waals surface area contributed by atoms with E-state index < -0.39 is 10.0 Å². The molecule has 0 atom stereocenters. The number of aromatic nitrogens is 4. The van der Waals surface area contributed by atoms with Crippen LogP contribution < -0.4 is 4.72 Å². The molecule has 2 aromatic heterocycles. The Bertz CT molecular complexity index is 755. The first-order valence-corrected chi connectivity index (χ1v) is 9.08. The maximum Gasteiger partial charge on any atom is 0.265 e. The van der Waals surface area contributed by atoms with E-state index in [1.54, 1.807) is 24.7 Å². The fourth-order valence-corrected chi connectivity index (χ4v) is 4.25. The Labute approximate surface area is 135 Å². The number of sulfonamides is 1. The molecule has 23 heavy (non-hydrogen) atoms. The molecule has 0 spiro atoms. The molecular formula is C14H21N5O3S. The first-order chi connectivity index (χ1) is 11.0. The molecule has 1 saturated heterocycles. The zero-order valence-corrected chi connectivity index (χ0v) is 14.1. The van der Waals surface area contributed by atoms with Crippen molar-refractivity contribution in [2.75, 3.05) is 17.9 Å². The molecule has 126 valence electrons. The largest absolute Gasteiger partial charge is 0.381 e. The normalized spacial score (nSPS) is 16.6. The number of rotatable bonds is 5. The first-order valence-electron chi connectivity index (χ1n) is 7.60. The molecule has 3 rings (SSSR count). The van der Waals surface area contributed by atoms with Gasteiger partial charge in [0.05, 0.1) is 23.3 Å². The third-order valence-electron chi connectivity index (χ3n) is 4.00. The summed E-state index contributed by atoms with van der Waals surface area (Å²) in [6.07, 6.45) is 5.27. The van der Waals surface area contributed by atoms with Crippen LogP contribution in [0.15, 0.2) is 17.3 Å². The Balaban J connectivity index is 1.71. The maximum atomic E-state index is 12.5. The number of ether oxygens (including phenoxy) is 1. The molecule has 9 heteroatoms. The van der Waals surface area contributed by atoms with Crippen LogP contribution in [0.25, 0.3) is 0 Å². The van der Waals surface area contributed by atoms with Crippen molar-refractivity contribution >= 4 is 15.7 Å². The Morgan fingerprint density at radius 2 is 2.13 bits per heavy atom. The van der Waals surface area contributed by atoms with Crippen molar-refractivity contribution in [2.24, 2.45) is 5.92 Å². The summed E-state index contributed by atoms with van der Waals surface area (Å²) in [5.74, 6) is 0.520. The second kappa shape index (κ2) is 6.32. The van der Waals surface area contributed by atoms with Crippen LogP contribution in [-0.4, -0.2) is 41.6 Å². The first kappa shape index (κ1) is 16.0. The van der Waals surface area contributed by atoms with Gasteiger partial charge in [0.15, 0.2) is 0 Å². The summed E-state index contributed by atoms with van der Waals surface area (Å²) in [6, 6.07) is 0. The van der Waals surface area contributed by atoms with Crippen LogP contribution in [0.2, 0.25) is 0 Å². The monoisotopic (exact) mass is 339 g/mol. The summed E-state index contributed by atoms with van der Waals surface area (Å²) in [4.78, 5) is 0.190. The minimum absolute atomic E-state index is 0.190. The highest BCUT2D eigenvalue weighted by Crippen LogP contribution is 2.21. The highest BCUT2D eigenvalue weighted by molar-refractivity contribution is 7.92. The molecule has 1 fully saturated rings. The van der Waals surface area contributed by atoms with Gasteiger partial charge in [0.25, 0.3) is 10.0 Å². The van der Waals surface area contributed by atoms with Gasteiger partial charge in [-0.3, -0.25) is 14.5 Å². The maximum absolute atomic E-state index is 12.5. The zero-order chi connectivity index (χ0) is 16.4. The van der Waals surface area contributed by atoms with Gasteiger partial charge >= 0.3 is 0 Å². The smallest absolute Gasteiger partial charge is 0.265 e. The van der Waals surface area contributed by atoms with Gasteiger partial charge in [0, 0.05) is 26.0 Å². The molecule has 0 unspecified atom stereocenters. The lowest BCUT2D eigenvalue weighted by Crippen LogP contribution is -2.20. The van der Waals surface area contributed by atoms with Crippen LogP contribution >= 0.6 is 0 Å². The van der Waals surface area contributed by atoms with Crippen LogP contribution in [0.1, 0.15) is 24.2 Å². The number of aryl methyl sites for hydroxylation is 2. The lowest BCUT2D eigenvalue weighted by Gasteiger charge is -2.21. The fourth-order valence-electron chi connectivity index (χ4n) is 2.85. The van der Waals surface area contributed by atoms with Crippen molar-refractivity contribution < 1.29 is 13.2 Å². The summed E-state index contributed by atoms with van der Waals surface area (Å²) in [6.45, 7) is 5.68. The topological polar surface area (TPSA) is 102 Å². The van der Waals surface area contributed by atoms with E-state index in [2.05, 4.69) is 20.0 Å². The van der Waals surface area contributed by atoms with Crippen LogP contribution in [-0.2, 0) is 21.3 Å². The molecule has 0 amide bonds. The summed E-state index contributed by atoms with van der Waals surface area (Å²) >= 11 is 0. The van der Waals surface area contributed by atoms with E-state index in [0.717, 1.165) is 32.6 Å². The Kier molecular flexibility index (Phi) is 4.40. The van der Waals surface area contributed by atoms with E-state index >= 15 is 0 Å². The minimum Gasteiger partial charge on any atom is -0.381 e. The second-order valence-electron chi connectivity index (χ2n) is 5.88. The number of aromatic amines is 1. The van der Waals surface area contributed by atoms with E-state index in [4.69, 9.17) is 4.74 Å². The van der Waals surface area contributed by atoms with Crippen LogP contribution in [0.3, 0.4) is 0 Å². The summed E-state index contributed by atoms with van der Waals surface area (Å²) < 4.78 is 34.6. The molecule has 8 nitrogen and oxygen atoms in total. The Morgan fingerprint density at radius 3 is 2.78 bits per heavy atom. The molecule has 2 N–H and O–H groups in total. The molecule has 3 heterocycles. The second-order valence-corrected chi connectivity index (χ2v) is 7.49. The predicted molar refractivity (Wildman–Crippen MR) is 84.6 cm³/mol. The summed E-state index contributed by atoms with van der Waals surface area (Å²) in [5, 5.41) is 10.9. The molecular weight excluding hydrogens is 318 g/mol. The Hall–Kier alpha value is -1.87. The fraction of sp³-hybridized carbons (Fsp3) is 0.571. The lowest BCUT2D eigenvalue weighted by atomic mass is 10.0. The van der Waals surface area contributed by atoms with Crippen LogP contribution in [0.5, 0.6) is 0 Å². The SMILES string of the molecule is Cc1n[nH]c(C)c1S(=O)(=O)Nc1cnn(CC2CCOCC2)c1. The van der Waals surface area contributed by atoms with Gasteiger partial charge in [0.1, 0.15) is 4.90 Å². The van der Waals surface area contributed by atoms with Crippen LogP contribution in [0, 0.1) is 19.8 Å². The van der Waals surface area contributed by atoms with Crippen LogP contribution in [0.4, 0.5) is 5.69 Å². The quantitative estimate of drug-likeness (QED) is 0.858. The highest BCUT2D eigenvalue weighted by Gasteiger charge is 2.23. The van der Waals surface area contributed by atoms with Crippen molar-refractivity contribution in [3.05, 3.63) is 23.8 Å². The van der Waals surface area contributed by atoms with E-state index in [9.17, 15) is 8.42 Å². The number of nitrogens with one attached hydrogen (secondary N) is 2. The highest BCUT2D eigenvalue weighted by atomic mass is 32.2. The molecule has 2 aromatic rings. The third-order valence-corrected chi connectivity index (χ3v) is 5.64. The van der Waals surface area contributed by atoms with Gasteiger partial charge in [-0.05, 0) is 32.6 Å². The minimum atomic E-state index is -3.67. The van der Waals surface area contributed by atoms with E-state index in [0.29, 0.717) is 23.0 Å². The van der Waals surface area contributed by atoms with Crippen molar-refractivity contribution in [2.45, 2.75) is 38.1 Å². The molecule has 0 bridgehead atoms. The van der Waals surface area contributed by atoms with Gasteiger partial charge in [-0.1, -0.05) is 0 Å². The predicted octanol–water partition coefficient (Wildman–Crippen LogP) is 1.45. The number of H-pyrrole nitrogens is 1. The lowest BCUT2D eigenvalue weighted by molar-refractivity contribution is 0.0601. The number of hydrogen-bond donors (Lipinski definition) is 2. The summed E-state index contributed by atoms with van der Waals surface area (Å²) in [7, 11) is -3.67. The van der Waals surface area contributed by atoms with Gasteiger partial charge in [-0.2, -0.15) is 10.2 Å². The molecule has 0 aromatic carbocycles.